The van der Waals surface area contributed by atoms with Crippen molar-refractivity contribution in [1.29, 1.82) is 0 Å². The first-order valence-corrected chi connectivity index (χ1v) is 8.71. The molecule has 1 aliphatic rings. The largest absolute Gasteiger partial charge is 0.493 e. The third-order valence-electron chi connectivity index (χ3n) is 4.18. The number of alkyl halides is 2. The lowest BCUT2D eigenvalue weighted by Crippen LogP contribution is -2.42. The van der Waals surface area contributed by atoms with Crippen molar-refractivity contribution in [1.82, 2.24) is 10.6 Å². The fraction of sp³-hybridized carbons (Fsp3) is 0.611. The molecule has 26 heavy (non-hydrogen) atoms. The summed E-state index contributed by atoms with van der Waals surface area (Å²) in [6, 6.07) is 5.09. The van der Waals surface area contributed by atoms with Crippen molar-refractivity contribution in [3.05, 3.63) is 23.8 Å². The molecule has 2 N–H and O–H groups in total. The summed E-state index contributed by atoms with van der Waals surface area (Å²) < 4.78 is 35.4. The second-order valence-electron chi connectivity index (χ2n) is 6.29. The molecule has 8 heteroatoms. The summed E-state index contributed by atoms with van der Waals surface area (Å²) in [6.07, 6.45) is 2.37. The van der Waals surface area contributed by atoms with Crippen molar-refractivity contribution in [3.8, 4) is 11.5 Å². The fourth-order valence-corrected chi connectivity index (χ4v) is 2.89. The highest BCUT2D eigenvalue weighted by Crippen LogP contribution is 2.27. The molecule has 1 aromatic rings. The van der Waals surface area contributed by atoms with Gasteiger partial charge in [-0.25, -0.2) is 0 Å². The molecular weight excluding hydrogens is 366 g/mol. The van der Waals surface area contributed by atoms with Gasteiger partial charge in [0.05, 0.1) is 6.61 Å². The van der Waals surface area contributed by atoms with Gasteiger partial charge in [0.15, 0.2) is 0 Å². The minimum Gasteiger partial charge on any atom is -0.493 e. The van der Waals surface area contributed by atoms with Gasteiger partial charge in [0.2, 0.25) is 5.91 Å². The molecule has 1 heterocycles. The summed E-state index contributed by atoms with van der Waals surface area (Å²) in [5, 5.41) is 6.13. The van der Waals surface area contributed by atoms with E-state index >= 15 is 0 Å². The first kappa shape index (κ1) is 22.4. The summed E-state index contributed by atoms with van der Waals surface area (Å²) >= 11 is 0. The molecule has 0 saturated carbocycles. The Bertz CT molecular complexity index is 575. The molecule has 148 valence electrons. The van der Waals surface area contributed by atoms with Crippen LogP contribution in [-0.4, -0.2) is 31.7 Å². The van der Waals surface area contributed by atoms with E-state index in [0.717, 1.165) is 25.8 Å². The lowest BCUT2D eigenvalue weighted by Gasteiger charge is -2.27. The zero-order valence-corrected chi connectivity index (χ0v) is 15.9. The number of rotatable bonds is 8. The Labute approximate surface area is 159 Å². The highest BCUT2D eigenvalue weighted by molar-refractivity contribution is 5.85. The highest BCUT2D eigenvalue weighted by atomic mass is 35.5. The number of hydrogen-bond donors (Lipinski definition) is 2. The normalized spacial score (nSPS) is 19.6. The Morgan fingerprint density at radius 2 is 2.19 bits per heavy atom. The Morgan fingerprint density at radius 3 is 2.85 bits per heavy atom. The molecule has 1 fully saturated rings. The second kappa shape index (κ2) is 11.2. The van der Waals surface area contributed by atoms with Crippen LogP contribution in [0.1, 0.15) is 38.7 Å². The van der Waals surface area contributed by atoms with Crippen molar-refractivity contribution in [2.45, 2.75) is 52.3 Å². The number of nitrogens with one attached hydrogen (secondary N) is 2. The van der Waals surface area contributed by atoms with E-state index in [4.69, 9.17) is 4.74 Å². The third-order valence-corrected chi connectivity index (χ3v) is 4.18. The summed E-state index contributed by atoms with van der Waals surface area (Å²) in [5.74, 6) is 0.396. The predicted molar refractivity (Wildman–Crippen MR) is 98.1 cm³/mol. The van der Waals surface area contributed by atoms with E-state index in [-0.39, 0.29) is 36.5 Å². The van der Waals surface area contributed by atoms with E-state index in [9.17, 15) is 13.6 Å². The van der Waals surface area contributed by atoms with Crippen LogP contribution in [0.4, 0.5) is 8.78 Å². The molecule has 0 spiro atoms. The number of carbonyl (C=O) groups is 1. The lowest BCUT2D eigenvalue weighted by molar-refractivity contribution is -0.126. The minimum absolute atomic E-state index is 0. The monoisotopic (exact) mass is 392 g/mol. The first-order chi connectivity index (χ1) is 12.0. The number of hydrogen-bond acceptors (Lipinski definition) is 4. The Kier molecular flexibility index (Phi) is 9.65. The van der Waals surface area contributed by atoms with Gasteiger partial charge >= 0.3 is 6.61 Å². The standard InChI is InChI=1S/C18H26F2N2O3.ClH/c1-3-8-24-15-5-4-14(16(10-15)25-18(19)20)11-22-17(23)13-6-7-21-12(2)9-13;/h4-5,10,12-13,18,21H,3,6-9,11H2,1-2H3,(H,22,23);1H/t12-,13-;/m0./s1. The van der Waals surface area contributed by atoms with Crippen molar-refractivity contribution in [2.24, 2.45) is 5.92 Å². The van der Waals surface area contributed by atoms with Gasteiger partial charge in [0, 0.05) is 30.1 Å². The molecule has 1 aromatic carbocycles. The van der Waals surface area contributed by atoms with Crippen LogP contribution in [0.2, 0.25) is 0 Å². The first-order valence-electron chi connectivity index (χ1n) is 8.71. The summed E-state index contributed by atoms with van der Waals surface area (Å²) in [6.45, 7) is 2.53. The Morgan fingerprint density at radius 1 is 1.42 bits per heavy atom. The molecule has 2 atom stereocenters. The van der Waals surface area contributed by atoms with Crippen molar-refractivity contribution in [2.75, 3.05) is 13.2 Å². The van der Waals surface area contributed by atoms with Crippen LogP contribution in [0, 0.1) is 5.92 Å². The van der Waals surface area contributed by atoms with Crippen LogP contribution >= 0.6 is 12.4 Å². The van der Waals surface area contributed by atoms with E-state index in [1.54, 1.807) is 12.1 Å². The van der Waals surface area contributed by atoms with E-state index in [0.29, 0.717) is 24.0 Å². The summed E-state index contributed by atoms with van der Waals surface area (Å²) in [5.41, 5.74) is 0.500. The van der Waals surface area contributed by atoms with Gasteiger partial charge in [-0.15, -0.1) is 12.4 Å². The van der Waals surface area contributed by atoms with Gasteiger partial charge in [0.1, 0.15) is 11.5 Å². The maximum atomic E-state index is 12.7. The van der Waals surface area contributed by atoms with E-state index in [1.165, 1.54) is 6.07 Å². The second-order valence-corrected chi connectivity index (χ2v) is 6.29. The molecule has 1 amide bonds. The van der Waals surface area contributed by atoms with Gasteiger partial charge in [-0.2, -0.15) is 8.78 Å². The number of carbonyl (C=O) groups excluding carboxylic acids is 1. The van der Waals surface area contributed by atoms with Crippen LogP contribution in [0.25, 0.3) is 0 Å². The van der Waals surface area contributed by atoms with E-state index in [2.05, 4.69) is 15.4 Å². The number of piperidine rings is 1. The smallest absolute Gasteiger partial charge is 0.387 e. The van der Waals surface area contributed by atoms with Crippen LogP contribution in [0.3, 0.4) is 0 Å². The van der Waals surface area contributed by atoms with Gasteiger partial charge in [-0.1, -0.05) is 6.92 Å². The van der Waals surface area contributed by atoms with Crippen LogP contribution in [-0.2, 0) is 11.3 Å². The average Bonchev–Trinajstić information content (AvgIpc) is 2.58. The molecule has 2 rings (SSSR count). The molecule has 0 bridgehead atoms. The lowest BCUT2D eigenvalue weighted by atomic mass is 9.92. The Hall–Kier alpha value is -1.60. The molecule has 5 nitrogen and oxygen atoms in total. The summed E-state index contributed by atoms with van der Waals surface area (Å²) in [7, 11) is 0. The zero-order valence-electron chi connectivity index (χ0n) is 15.1. The quantitative estimate of drug-likeness (QED) is 0.710. The highest BCUT2D eigenvalue weighted by Gasteiger charge is 2.24. The van der Waals surface area contributed by atoms with E-state index < -0.39 is 6.61 Å². The van der Waals surface area contributed by atoms with Gasteiger partial charge in [-0.05, 0) is 44.9 Å². The van der Waals surface area contributed by atoms with Crippen LogP contribution in [0.15, 0.2) is 18.2 Å². The topological polar surface area (TPSA) is 59.6 Å². The fourth-order valence-electron chi connectivity index (χ4n) is 2.89. The molecule has 0 radical (unpaired) electrons. The molecule has 0 unspecified atom stereocenters. The Balaban J connectivity index is 0.00000338. The van der Waals surface area contributed by atoms with Gasteiger partial charge in [-0.3, -0.25) is 4.79 Å². The zero-order chi connectivity index (χ0) is 18.2. The SMILES string of the molecule is CCCOc1ccc(CNC(=O)[C@H]2CCN[C@@H](C)C2)c(OC(F)F)c1.Cl. The van der Waals surface area contributed by atoms with Gasteiger partial charge in [0.25, 0.3) is 0 Å². The van der Waals surface area contributed by atoms with Crippen LogP contribution < -0.4 is 20.1 Å². The predicted octanol–water partition coefficient (Wildman–Crippen LogP) is 3.50. The average molecular weight is 393 g/mol. The van der Waals surface area contributed by atoms with Crippen molar-refractivity contribution in [3.63, 3.8) is 0 Å². The minimum atomic E-state index is -2.93. The summed E-state index contributed by atoms with van der Waals surface area (Å²) in [4.78, 5) is 12.3. The van der Waals surface area contributed by atoms with Crippen molar-refractivity contribution >= 4 is 18.3 Å². The number of amides is 1. The molecule has 0 aliphatic carbocycles. The van der Waals surface area contributed by atoms with Crippen LogP contribution in [0.5, 0.6) is 11.5 Å². The maximum Gasteiger partial charge on any atom is 0.387 e. The molecule has 1 aliphatic heterocycles. The van der Waals surface area contributed by atoms with Crippen molar-refractivity contribution < 1.29 is 23.0 Å². The number of ether oxygens (including phenoxy) is 2. The number of benzene rings is 1. The molecule has 1 saturated heterocycles. The molecule has 0 aromatic heterocycles. The molecular formula is C18H27ClF2N2O3. The van der Waals surface area contributed by atoms with E-state index in [1.807, 2.05) is 13.8 Å². The maximum absolute atomic E-state index is 12.7. The third kappa shape index (κ3) is 6.96. The number of halogens is 3. The van der Waals surface area contributed by atoms with Gasteiger partial charge < -0.3 is 20.1 Å².